The first-order chi connectivity index (χ1) is 13.2. The van der Waals surface area contributed by atoms with Crippen LogP contribution >= 0.6 is 47.1 Å². The molecule has 1 aliphatic heterocycles. The van der Waals surface area contributed by atoms with Gasteiger partial charge in [-0.3, -0.25) is 4.99 Å². The summed E-state index contributed by atoms with van der Waals surface area (Å²) in [5.74, 6) is 0.916. The third-order valence-corrected chi connectivity index (χ3v) is 6.43. The summed E-state index contributed by atoms with van der Waals surface area (Å²) in [4.78, 5) is 15.1. The fraction of sp³-hybridized carbons (Fsp3) is 0.500. The van der Waals surface area contributed by atoms with Crippen molar-refractivity contribution in [2.45, 2.75) is 30.7 Å². The molecule has 0 aliphatic carbocycles. The van der Waals surface area contributed by atoms with Crippen LogP contribution in [0.5, 0.6) is 0 Å². The first kappa shape index (κ1) is 23.3. The third-order valence-electron chi connectivity index (χ3n) is 4.73. The normalized spacial score (nSPS) is 14.1. The van der Waals surface area contributed by atoms with Gasteiger partial charge in [0.15, 0.2) is 11.1 Å². The summed E-state index contributed by atoms with van der Waals surface area (Å²) in [5, 5.41) is 6.83. The number of aliphatic imine (C=N–C) groups is 1. The number of aromatic nitrogens is 1. The highest BCUT2D eigenvalue weighted by Gasteiger charge is 2.15. The van der Waals surface area contributed by atoms with Gasteiger partial charge < -0.3 is 15.1 Å². The van der Waals surface area contributed by atoms with E-state index in [0.29, 0.717) is 0 Å². The quantitative estimate of drug-likeness (QED) is 0.249. The summed E-state index contributed by atoms with van der Waals surface area (Å²) in [6.07, 6.45) is 5.60. The van der Waals surface area contributed by atoms with E-state index in [9.17, 15) is 0 Å². The standard InChI is InChI=1S/C20H29N5S2.HI/c1-21-19(24(2)14-16-6-8-18(26-3)9-7-16)22-11-10-17-15-27-20(23-17)25-12-4-5-13-25;/h6-9,15H,4-5,10-14H2,1-3H3,(H,21,22);1H. The molecule has 0 radical (unpaired) electrons. The molecule has 8 heteroatoms. The van der Waals surface area contributed by atoms with Gasteiger partial charge in [-0.25, -0.2) is 4.98 Å². The van der Waals surface area contributed by atoms with E-state index < -0.39 is 0 Å². The van der Waals surface area contributed by atoms with Crippen LogP contribution in [0.3, 0.4) is 0 Å². The van der Waals surface area contributed by atoms with E-state index in [2.05, 4.69) is 63.1 Å². The fourth-order valence-corrected chi connectivity index (χ4v) is 4.55. The van der Waals surface area contributed by atoms with Crippen LogP contribution in [0.1, 0.15) is 24.1 Å². The number of thiazole rings is 1. The Morgan fingerprint density at radius 3 is 2.64 bits per heavy atom. The second-order valence-corrected chi connectivity index (χ2v) is 8.46. The molecule has 0 atom stereocenters. The highest BCUT2D eigenvalue weighted by molar-refractivity contribution is 14.0. The molecule has 5 nitrogen and oxygen atoms in total. The lowest BCUT2D eigenvalue weighted by Gasteiger charge is -2.22. The summed E-state index contributed by atoms with van der Waals surface area (Å²) in [5.41, 5.74) is 2.45. The average Bonchev–Trinajstić information content (AvgIpc) is 3.37. The number of benzene rings is 1. The maximum Gasteiger partial charge on any atom is 0.193 e. The van der Waals surface area contributed by atoms with Crippen molar-refractivity contribution in [1.29, 1.82) is 0 Å². The molecule has 3 rings (SSSR count). The van der Waals surface area contributed by atoms with Gasteiger partial charge in [0.25, 0.3) is 0 Å². The smallest absolute Gasteiger partial charge is 0.193 e. The summed E-state index contributed by atoms with van der Waals surface area (Å²) in [6, 6.07) is 8.71. The SMILES string of the molecule is CN=C(NCCc1csc(N2CCCC2)n1)N(C)Cc1ccc(SC)cc1.I. The Hall–Kier alpha value is -1.000. The summed E-state index contributed by atoms with van der Waals surface area (Å²) < 4.78 is 0. The minimum Gasteiger partial charge on any atom is -0.356 e. The van der Waals surface area contributed by atoms with Crippen molar-refractivity contribution in [3.8, 4) is 0 Å². The van der Waals surface area contributed by atoms with E-state index in [1.54, 1.807) is 23.1 Å². The van der Waals surface area contributed by atoms with Gasteiger partial charge in [0.2, 0.25) is 0 Å². The Balaban J connectivity index is 0.00000280. The Bertz CT molecular complexity index is 741. The first-order valence-electron chi connectivity index (χ1n) is 9.43. The molecule has 28 heavy (non-hydrogen) atoms. The monoisotopic (exact) mass is 531 g/mol. The lowest BCUT2D eigenvalue weighted by atomic mass is 10.2. The van der Waals surface area contributed by atoms with E-state index >= 15 is 0 Å². The van der Waals surface area contributed by atoms with Crippen molar-refractivity contribution in [2.75, 3.05) is 44.9 Å². The van der Waals surface area contributed by atoms with Gasteiger partial charge in [-0.1, -0.05) is 12.1 Å². The van der Waals surface area contributed by atoms with Gasteiger partial charge in [0.05, 0.1) is 5.69 Å². The topological polar surface area (TPSA) is 43.8 Å². The summed E-state index contributed by atoms with van der Waals surface area (Å²) in [6.45, 7) is 3.98. The van der Waals surface area contributed by atoms with Crippen molar-refractivity contribution in [2.24, 2.45) is 4.99 Å². The van der Waals surface area contributed by atoms with Crippen LogP contribution in [-0.2, 0) is 13.0 Å². The van der Waals surface area contributed by atoms with Gasteiger partial charge >= 0.3 is 0 Å². The maximum absolute atomic E-state index is 4.79. The second-order valence-electron chi connectivity index (χ2n) is 6.74. The molecule has 0 spiro atoms. The molecule has 1 fully saturated rings. The van der Waals surface area contributed by atoms with Gasteiger partial charge in [0.1, 0.15) is 0 Å². The third kappa shape index (κ3) is 6.52. The molecular weight excluding hydrogens is 501 g/mol. The fourth-order valence-electron chi connectivity index (χ4n) is 3.23. The van der Waals surface area contributed by atoms with Crippen LogP contribution < -0.4 is 10.2 Å². The largest absolute Gasteiger partial charge is 0.356 e. The molecule has 1 N–H and O–H groups in total. The molecule has 154 valence electrons. The van der Waals surface area contributed by atoms with Gasteiger partial charge in [-0.15, -0.1) is 47.1 Å². The molecule has 0 bridgehead atoms. The van der Waals surface area contributed by atoms with Gasteiger partial charge in [-0.2, -0.15) is 0 Å². The number of hydrogen-bond acceptors (Lipinski definition) is 5. The van der Waals surface area contributed by atoms with E-state index in [1.165, 1.54) is 34.1 Å². The Labute approximate surface area is 194 Å². The highest BCUT2D eigenvalue weighted by atomic mass is 127. The maximum atomic E-state index is 4.79. The van der Waals surface area contributed by atoms with Crippen LogP contribution in [0.4, 0.5) is 5.13 Å². The van der Waals surface area contributed by atoms with Gasteiger partial charge in [0, 0.05) is 57.0 Å². The van der Waals surface area contributed by atoms with Crippen molar-refractivity contribution in [3.63, 3.8) is 0 Å². The number of rotatable bonds is 7. The van der Waals surface area contributed by atoms with Crippen molar-refractivity contribution in [1.82, 2.24) is 15.2 Å². The molecular formula is C20H30IN5S2. The number of guanidine groups is 1. The first-order valence-corrected chi connectivity index (χ1v) is 11.5. The Morgan fingerprint density at radius 1 is 1.29 bits per heavy atom. The molecule has 1 aromatic heterocycles. The minimum atomic E-state index is 0. The Morgan fingerprint density at radius 2 is 2.00 bits per heavy atom. The van der Waals surface area contributed by atoms with Crippen LogP contribution in [0.25, 0.3) is 0 Å². The van der Waals surface area contributed by atoms with Crippen LogP contribution in [0.15, 0.2) is 39.5 Å². The number of nitrogens with one attached hydrogen (secondary N) is 1. The minimum absolute atomic E-state index is 0. The van der Waals surface area contributed by atoms with Crippen LogP contribution in [-0.4, -0.2) is 55.8 Å². The molecule has 0 unspecified atom stereocenters. The lowest BCUT2D eigenvalue weighted by Crippen LogP contribution is -2.39. The molecule has 1 aliphatic rings. The molecule has 1 saturated heterocycles. The van der Waals surface area contributed by atoms with E-state index in [4.69, 9.17) is 4.98 Å². The molecule has 1 aromatic carbocycles. The van der Waals surface area contributed by atoms with Crippen LogP contribution in [0, 0.1) is 0 Å². The molecule has 0 saturated carbocycles. The van der Waals surface area contributed by atoms with Crippen molar-refractivity contribution >= 4 is 58.2 Å². The van der Waals surface area contributed by atoms with Crippen LogP contribution in [0.2, 0.25) is 0 Å². The number of hydrogen-bond donors (Lipinski definition) is 1. The van der Waals surface area contributed by atoms with Gasteiger partial charge in [-0.05, 0) is 36.8 Å². The number of thioether (sulfide) groups is 1. The predicted molar refractivity (Wildman–Crippen MR) is 134 cm³/mol. The molecule has 2 aromatic rings. The summed E-state index contributed by atoms with van der Waals surface area (Å²) in [7, 11) is 3.91. The zero-order valence-electron chi connectivity index (χ0n) is 16.9. The van der Waals surface area contributed by atoms with E-state index in [-0.39, 0.29) is 24.0 Å². The lowest BCUT2D eigenvalue weighted by molar-refractivity contribution is 0.477. The second kappa shape index (κ2) is 11.9. The number of halogens is 1. The zero-order chi connectivity index (χ0) is 19.1. The van der Waals surface area contributed by atoms with Crippen molar-refractivity contribution < 1.29 is 0 Å². The Kier molecular flexibility index (Phi) is 9.87. The van der Waals surface area contributed by atoms with E-state index in [0.717, 1.165) is 38.6 Å². The highest BCUT2D eigenvalue weighted by Crippen LogP contribution is 2.24. The molecule has 2 heterocycles. The molecule has 0 amide bonds. The van der Waals surface area contributed by atoms with E-state index in [1.807, 2.05) is 7.05 Å². The zero-order valence-corrected chi connectivity index (χ0v) is 20.8. The average molecular weight is 532 g/mol. The van der Waals surface area contributed by atoms with Crippen molar-refractivity contribution in [3.05, 3.63) is 40.9 Å². The summed E-state index contributed by atoms with van der Waals surface area (Å²) >= 11 is 3.54. The number of nitrogens with zero attached hydrogens (tertiary/aromatic N) is 4. The number of anilines is 1. The predicted octanol–water partition coefficient (Wildman–Crippen LogP) is 4.33.